The van der Waals surface area contributed by atoms with Crippen molar-refractivity contribution in [2.75, 3.05) is 7.11 Å². The van der Waals surface area contributed by atoms with E-state index < -0.39 is 17.9 Å². The van der Waals surface area contributed by atoms with Crippen LogP contribution in [0.25, 0.3) is 0 Å². The molecule has 1 amide bonds. The monoisotopic (exact) mass is 299 g/mol. The van der Waals surface area contributed by atoms with Crippen LogP contribution in [0, 0.1) is 0 Å². The van der Waals surface area contributed by atoms with Gasteiger partial charge in [-0.2, -0.15) is 0 Å². The molecular weight excluding hydrogens is 282 g/mol. The zero-order chi connectivity index (χ0) is 15.9. The molecule has 0 unspecified atom stereocenters. The Balaban J connectivity index is 2.06. The maximum atomic E-state index is 12.1. The van der Waals surface area contributed by atoms with Crippen molar-refractivity contribution in [3.63, 3.8) is 0 Å². The molecule has 2 rings (SSSR count). The summed E-state index contributed by atoms with van der Waals surface area (Å²) in [6.45, 7) is 0. The van der Waals surface area contributed by atoms with Crippen molar-refractivity contribution in [1.29, 1.82) is 0 Å². The molecular formula is C17H17NO4. The number of carboxylic acid groups (broad SMARTS) is 1. The Morgan fingerprint density at radius 1 is 1.09 bits per heavy atom. The van der Waals surface area contributed by atoms with Crippen molar-refractivity contribution in [2.45, 2.75) is 12.5 Å². The van der Waals surface area contributed by atoms with Crippen LogP contribution in [0.3, 0.4) is 0 Å². The average molecular weight is 299 g/mol. The maximum Gasteiger partial charge on any atom is 0.326 e. The van der Waals surface area contributed by atoms with E-state index >= 15 is 0 Å². The number of methoxy groups -OCH3 is 1. The Hall–Kier alpha value is -2.82. The van der Waals surface area contributed by atoms with Crippen LogP contribution in [0.2, 0.25) is 0 Å². The molecule has 2 N–H and O–H groups in total. The number of rotatable bonds is 6. The summed E-state index contributed by atoms with van der Waals surface area (Å²) in [5.41, 5.74) is 1.24. The number of nitrogens with one attached hydrogen (secondary N) is 1. The Bertz CT molecular complexity index is 637. The molecule has 5 heteroatoms. The summed E-state index contributed by atoms with van der Waals surface area (Å²) in [5, 5.41) is 11.8. The van der Waals surface area contributed by atoms with Crippen LogP contribution in [0.5, 0.6) is 5.75 Å². The van der Waals surface area contributed by atoms with E-state index in [1.54, 1.807) is 61.7 Å². The standard InChI is InChI=1S/C17H17NO4/c1-22-14-9-7-12(8-10-14)11-15(17(20)21)18-16(19)13-5-3-2-4-6-13/h2-10,15H,11H2,1H3,(H,18,19)(H,20,21)/t15-/m1/s1. The van der Waals surface area contributed by atoms with Gasteiger partial charge in [0, 0.05) is 12.0 Å². The van der Waals surface area contributed by atoms with Gasteiger partial charge in [0.15, 0.2) is 0 Å². The lowest BCUT2D eigenvalue weighted by atomic mass is 10.1. The normalized spacial score (nSPS) is 11.5. The second kappa shape index (κ2) is 7.26. The van der Waals surface area contributed by atoms with E-state index in [2.05, 4.69) is 5.32 Å². The van der Waals surface area contributed by atoms with Crippen LogP contribution in [0.1, 0.15) is 15.9 Å². The third kappa shape index (κ3) is 4.09. The summed E-state index contributed by atoms with van der Waals surface area (Å²) in [7, 11) is 1.56. The molecule has 0 saturated carbocycles. The number of carbonyl (C=O) groups is 2. The lowest BCUT2D eigenvalue weighted by Crippen LogP contribution is -2.42. The van der Waals surface area contributed by atoms with Crippen LogP contribution in [-0.4, -0.2) is 30.1 Å². The second-order valence-electron chi connectivity index (χ2n) is 4.78. The number of aliphatic carboxylic acids is 1. The van der Waals surface area contributed by atoms with Gasteiger partial charge in [-0.3, -0.25) is 4.79 Å². The Morgan fingerprint density at radius 3 is 2.27 bits per heavy atom. The largest absolute Gasteiger partial charge is 0.497 e. The smallest absolute Gasteiger partial charge is 0.326 e. The molecule has 0 radical (unpaired) electrons. The topological polar surface area (TPSA) is 75.6 Å². The SMILES string of the molecule is COc1ccc(C[C@@H](NC(=O)c2ccccc2)C(=O)O)cc1. The van der Waals surface area contributed by atoms with Crippen molar-refractivity contribution in [1.82, 2.24) is 5.32 Å². The Kier molecular flexibility index (Phi) is 5.14. The molecule has 22 heavy (non-hydrogen) atoms. The van der Waals surface area contributed by atoms with Crippen LogP contribution in [0.4, 0.5) is 0 Å². The summed E-state index contributed by atoms with van der Waals surface area (Å²) < 4.78 is 5.06. The predicted octanol–water partition coefficient (Wildman–Crippen LogP) is 2.12. The van der Waals surface area contributed by atoms with Crippen LogP contribution >= 0.6 is 0 Å². The fraction of sp³-hybridized carbons (Fsp3) is 0.176. The molecule has 0 fully saturated rings. The molecule has 0 saturated heterocycles. The Morgan fingerprint density at radius 2 is 1.73 bits per heavy atom. The lowest BCUT2D eigenvalue weighted by Gasteiger charge is -2.15. The highest BCUT2D eigenvalue weighted by Gasteiger charge is 2.21. The van der Waals surface area contributed by atoms with E-state index in [4.69, 9.17) is 4.74 Å². The van der Waals surface area contributed by atoms with Crippen molar-refractivity contribution in [3.8, 4) is 5.75 Å². The van der Waals surface area contributed by atoms with Gasteiger partial charge in [0.1, 0.15) is 11.8 Å². The molecule has 0 aliphatic heterocycles. The molecule has 114 valence electrons. The molecule has 5 nitrogen and oxygen atoms in total. The minimum Gasteiger partial charge on any atom is -0.497 e. The zero-order valence-corrected chi connectivity index (χ0v) is 12.2. The molecule has 0 spiro atoms. The maximum absolute atomic E-state index is 12.1. The summed E-state index contributed by atoms with van der Waals surface area (Å²) in [6.07, 6.45) is 0.206. The molecule has 0 aromatic heterocycles. The molecule has 0 bridgehead atoms. The van der Waals surface area contributed by atoms with Gasteiger partial charge < -0.3 is 15.2 Å². The third-order valence-corrected chi connectivity index (χ3v) is 3.24. The lowest BCUT2D eigenvalue weighted by molar-refractivity contribution is -0.139. The molecule has 0 aliphatic rings. The number of carbonyl (C=O) groups excluding carboxylic acids is 1. The van der Waals surface area contributed by atoms with Gasteiger partial charge in [0.25, 0.3) is 5.91 Å². The van der Waals surface area contributed by atoms with Crippen LogP contribution < -0.4 is 10.1 Å². The van der Waals surface area contributed by atoms with Crippen LogP contribution in [0.15, 0.2) is 54.6 Å². The first-order valence-corrected chi connectivity index (χ1v) is 6.82. The van der Waals surface area contributed by atoms with Gasteiger partial charge in [-0.05, 0) is 29.8 Å². The Labute approximate surface area is 128 Å². The minimum atomic E-state index is -1.07. The van der Waals surface area contributed by atoms with E-state index in [9.17, 15) is 14.7 Å². The minimum absolute atomic E-state index is 0.206. The first-order chi connectivity index (χ1) is 10.6. The van der Waals surface area contributed by atoms with Crippen LogP contribution in [-0.2, 0) is 11.2 Å². The number of amides is 1. The molecule has 0 heterocycles. The van der Waals surface area contributed by atoms with E-state index in [-0.39, 0.29) is 6.42 Å². The summed E-state index contributed by atoms with van der Waals surface area (Å²) in [6, 6.07) is 14.6. The third-order valence-electron chi connectivity index (χ3n) is 3.24. The van der Waals surface area contributed by atoms with Gasteiger partial charge in [-0.15, -0.1) is 0 Å². The van der Waals surface area contributed by atoms with Gasteiger partial charge in [0.05, 0.1) is 7.11 Å². The van der Waals surface area contributed by atoms with E-state index in [0.717, 1.165) is 5.56 Å². The fourth-order valence-electron chi connectivity index (χ4n) is 2.03. The number of ether oxygens (including phenoxy) is 1. The first kappa shape index (κ1) is 15.6. The first-order valence-electron chi connectivity index (χ1n) is 6.82. The second-order valence-corrected chi connectivity index (χ2v) is 4.78. The van der Waals surface area contributed by atoms with Gasteiger partial charge in [-0.1, -0.05) is 30.3 Å². The highest BCUT2D eigenvalue weighted by Crippen LogP contribution is 2.13. The molecule has 1 atom stereocenters. The molecule has 2 aromatic rings. The average Bonchev–Trinajstić information content (AvgIpc) is 2.55. The number of carboxylic acids is 1. The van der Waals surface area contributed by atoms with Crippen molar-refractivity contribution in [3.05, 3.63) is 65.7 Å². The number of hydrogen-bond donors (Lipinski definition) is 2. The van der Waals surface area contributed by atoms with Gasteiger partial charge in [0.2, 0.25) is 0 Å². The van der Waals surface area contributed by atoms with E-state index in [0.29, 0.717) is 11.3 Å². The highest BCUT2D eigenvalue weighted by molar-refractivity contribution is 5.96. The number of benzene rings is 2. The van der Waals surface area contributed by atoms with Gasteiger partial charge >= 0.3 is 5.97 Å². The quantitative estimate of drug-likeness (QED) is 0.856. The van der Waals surface area contributed by atoms with Gasteiger partial charge in [-0.25, -0.2) is 4.79 Å². The van der Waals surface area contributed by atoms with E-state index in [1.165, 1.54) is 0 Å². The number of hydrogen-bond acceptors (Lipinski definition) is 3. The molecule has 0 aliphatic carbocycles. The fourth-order valence-corrected chi connectivity index (χ4v) is 2.03. The van der Waals surface area contributed by atoms with Crippen molar-refractivity contribution >= 4 is 11.9 Å². The van der Waals surface area contributed by atoms with Crippen molar-refractivity contribution in [2.24, 2.45) is 0 Å². The summed E-state index contributed by atoms with van der Waals surface area (Å²) in [4.78, 5) is 23.4. The summed E-state index contributed by atoms with van der Waals surface area (Å²) >= 11 is 0. The summed E-state index contributed by atoms with van der Waals surface area (Å²) in [5.74, 6) is -0.773. The van der Waals surface area contributed by atoms with Crippen molar-refractivity contribution < 1.29 is 19.4 Å². The van der Waals surface area contributed by atoms with E-state index in [1.807, 2.05) is 0 Å². The predicted molar refractivity (Wildman–Crippen MR) is 82.0 cm³/mol. The highest BCUT2D eigenvalue weighted by atomic mass is 16.5. The zero-order valence-electron chi connectivity index (χ0n) is 12.2. The molecule has 2 aromatic carbocycles.